The molecule has 1 N–H and O–H groups in total. The molecule has 0 radical (unpaired) electrons. The molecule has 5 heteroatoms. The maximum Gasteiger partial charge on any atom is 0.258 e. The number of ether oxygens (including phenoxy) is 2. The van der Waals surface area contributed by atoms with Crippen molar-refractivity contribution < 1.29 is 18.7 Å². The average Bonchev–Trinajstić information content (AvgIpc) is 2.55. The SMILES string of the molecule is COC(CNC(=O)COc1ccccc1C)c1cccc(F)c1. The summed E-state index contributed by atoms with van der Waals surface area (Å²) >= 11 is 0. The fraction of sp³-hybridized carbons (Fsp3) is 0.278. The van der Waals surface area contributed by atoms with Crippen LogP contribution < -0.4 is 10.1 Å². The summed E-state index contributed by atoms with van der Waals surface area (Å²) in [5.74, 6) is 0.0848. The topological polar surface area (TPSA) is 47.6 Å². The van der Waals surface area contributed by atoms with Gasteiger partial charge in [0.2, 0.25) is 0 Å². The van der Waals surface area contributed by atoms with Crippen LogP contribution in [0.4, 0.5) is 4.39 Å². The summed E-state index contributed by atoms with van der Waals surface area (Å²) < 4.78 is 24.0. The zero-order valence-electron chi connectivity index (χ0n) is 13.2. The molecule has 0 aliphatic rings. The van der Waals surface area contributed by atoms with Crippen LogP contribution in [0.3, 0.4) is 0 Å². The number of hydrogen-bond acceptors (Lipinski definition) is 3. The minimum Gasteiger partial charge on any atom is -0.484 e. The lowest BCUT2D eigenvalue weighted by molar-refractivity contribution is -0.123. The zero-order valence-corrected chi connectivity index (χ0v) is 13.2. The van der Waals surface area contributed by atoms with Crippen molar-refractivity contribution in [1.29, 1.82) is 0 Å². The van der Waals surface area contributed by atoms with Crippen molar-refractivity contribution in [3.8, 4) is 5.75 Å². The minimum absolute atomic E-state index is 0.0789. The van der Waals surface area contributed by atoms with Crippen molar-refractivity contribution in [2.75, 3.05) is 20.3 Å². The van der Waals surface area contributed by atoms with Crippen molar-refractivity contribution in [2.24, 2.45) is 0 Å². The van der Waals surface area contributed by atoms with Crippen molar-refractivity contribution in [1.82, 2.24) is 5.32 Å². The van der Waals surface area contributed by atoms with E-state index in [2.05, 4.69) is 5.32 Å². The number of amides is 1. The van der Waals surface area contributed by atoms with Gasteiger partial charge in [0.15, 0.2) is 6.61 Å². The van der Waals surface area contributed by atoms with Crippen molar-refractivity contribution in [3.63, 3.8) is 0 Å². The average molecular weight is 317 g/mol. The summed E-state index contributed by atoms with van der Waals surface area (Å²) in [5, 5.41) is 2.73. The number of benzene rings is 2. The van der Waals surface area contributed by atoms with Gasteiger partial charge in [0.25, 0.3) is 5.91 Å². The number of para-hydroxylation sites is 1. The Bertz CT molecular complexity index is 660. The number of halogens is 1. The van der Waals surface area contributed by atoms with E-state index in [4.69, 9.17) is 9.47 Å². The van der Waals surface area contributed by atoms with Crippen molar-refractivity contribution in [3.05, 3.63) is 65.5 Å². The molecule has 0 aliphatic heterocycles. The third kappa shape index (κ3) is 5.07. The highest BCUT2D eigenvalue weighted by Gasteiger charge is 2.13. The van der Waals surface area contributed by atoms with Gasteiger partial charge in [-0.15, -0.1) is 0 Å². The second-order valence-electron chi connectivity index (χ2n) is 5.14. The molecule has 0 saturated carbocycles. The van der Waals surface area contributed by atoms with Crippen LogP contribution in [0.5, 0.6) is 5.75 Å². The molecule has 0 spiro atoms. The fourth-order valence-electron chi connectivity index (χ4n) is 2.16. The van der Waals surface area contributed by atoms with Crippen LogP contribution in [-0.4, -0.2) is 26.2 Å². The van der Waals surface area contributed by atoms with E-state index in [-0.39, 0.29) is 24.9 Å². The second kappa shape index (κ2) is 8.29. The number of nitrogens with one attached hydrogen (secondary N) is 1. The van der Waals surface area contributed by atoms with Gasteiger partial charge >= 0.3 is 0 Å². The summed E-state index contributed by atoms with van der Waals surface area (Å²) in [4.78, 5) is 11.9. The molecule has 0 aromatic heterocycles. The van der Waals surface area contributed by atoms with E-state index < -0.39 is 6.10 Å². The molecule has 1 unspecified atom stereocenters. The predicted octanol–water partition coefficient (Wildman–Crippen LogP) is 3.02. The number of methoxy groups -OCH3 is 1. The van der Waals surface area contributed by atoms with E-state index in [1.165, 1.54) is 19.2 Å². The van der Waals surface area contributed by atoms with Crippen LogP contribution in [0, 0.1) is 12.7 Å². The molecule has 0 fully saturated rings. The predicted molar refractivity (Wildman–Crippen MR) is 85.8 cm³/mol. The molecule has 2 rings (SSSR count). The zero-order chi connectivity index (χ0) is 16.7. The lowest BCUT2D eigenvalue weighted by Gasteiger charge is -2.17. The molecule has 0 bridgehead atoms. The summed E-state index contributed by atoms with van der Waals surface area (Å²) in [6, 6.07) is 13.6. The molecule has 1 atom stereocenters. The highest BCUT2D eigenvalue weighted by molar-refractivity contribution is 5.77. The van der Waals surface area contributed by atoms with Crippen LogP contribution >= 0.6 is 0 Å². The number of rotatable bonds is 7. The van der Waals surface area contributed by atoms with E-state index in [9.17, 15) is 9.18 Å². The number of hydrogen-bond donors (Lipinski definition) is 1. The van der Waals surface area contributed by atoms with Crippen LogP contribution in [-0.2, 0) is 9.53 Å². The Balaban J connectivity index is 1.84. The Labute approximate surface area is 135 Å². The van der Waals surface area contributed by atoms with Gasteiger partial charge in [-0.3, -0.25) is 4.79 Å². The number of carbonyl (C=O) groups excluding carboxylic acids is 1. The Morgan fingerprint density at radius 2 is 2.00 bits per heavy atom. The van der Waals surface area contributed by atoms with Crippen LogP contribution in [0.1, 0.15) is 17.2 Å². The molecule has 2 aromatic rings. The number of aryl methyl sites for hydroxylation is 1. The third-order valence-electron chi connectivity index (χ3n) is 3.44. The Morgan fingerprint density at radius 1 is 1.22 bits per heavy atom. The van der Waals surface area contributed by atoms with Gasteiger partial charge in [-0.2, -0.15) is 0 Å². The smallest absolute Gasteiger partial charge is 0.258 e. The minimum atomic E-state index is -0.409. The number of carbonyl (C=O) groups is 1. The summed E-state index contributed by atoms with van der Waals surface area (Å²) in [6.45, 7) is 2.08. The Hall–Kier alpha value is -2.40. The first-order valence-corrected chi connectivity index (χ1v) is 7.33. The second-order valence-corrected chi connectivity index (χ2v) is 5.14. The molecule has 4 nitrogen and oxygen atoms in total. The van der Waals surface area contributed by atoms with Gasteiger partial charge in [0.05, 0.1) is 6.10 Å². The fourth-order valence-corrected chi connectivity index (χ4v) is 2.16. The van der Waals surface area contributed by atoms with E-state index in [0.717, 1.165) is 5.56 Å². The molecule has 23 heavy (non-hydrogen) atoms. The standard InChI is InChI=1S/C18H20FNO3/c1-13-6-3-4-9-16(13)23-12-18(21)20-11-17(22-2)14-7-5-8-15(19)10-14/h3-10,17H,11-12H2,1-2H3,(H,20,21). The third-order valence-corrected chi connectivity index (χ3v) is 3.44. The van der Waals surface area contributed by atoms with Gasteiger partial charge in [-0.25, -0.2) is 4.39 Å². The highest BCUT2D eigenvalue weighted by Crippen LogP contribution is 2.17. The summed E-state index contributed by atoms with van der Waals surface area (Å²) in [6.07, 6.45) is -0.409. The quantitative estimate of drug-likeness (QED) is 0.854. The van der Waals surface area contributed by atoms with E-state index in [1.807, 2.05) is 31.2 Å². The van der Waals surface area contributed by atoms with E-state index in [0.29, 0.717) is 11.3 Å². The summed E-state index contributed by atoms with van der Waals surface area (Å²) in [7, 11) is 1.52. The Morgan fingerprint density at radius 3 is 2.70 bits per heavy atom. The van der Waals surface area contributed by atoms with Crippen molar-refractivity contribution in [2.45, 2.75) is 13.0 Å². The van der Waals surface area contributed by atoms with Crippen LogP contribution in [0.2, 0.25) is 0 Å². The molecule has 2 aromatic carbocycles. The molecule has 0 saturated heterocycles. The molecule has 1 amide bonds. The maximum atomic E-state index is 13.2. The molecular formula is C18H20FNO3. The maximum absolute atomic E-state index is 13.2. The van der Waals surface area contributed by atoms with Gasteiger partial charge < -0.3 is 14.8 Å². The molecule has 0 aliphatic carbocycles. The molecular weight excluding hydrogens is 297 g/mol. The van der Waals surface area contributed by atoms with E-state index in [1.54, 1.807) is 12.1 Å². The van der Waals surface area contributed by atoms with Gasteiger partial charge in [0, 0.05) is 13.7 Å². The van der Waals surface area contributed by atoms with Gasteiger partial charge in [-0.05, 0) is 36.2 Å². The monoisotopic (exact) mass is 317 g/mol. The van der Waals surface area contributed by atoms with E-state index >= 15 is 0 Å². The van der Waals surface area contributed by atoms with Crippen molar-refractivity contribution >= 4 is 5.91 Å². The Kier molecular flexibility index (Phi) is 6.11. The van der Waals surface area contributed by atoms with Crippen LogP contribution in [0.15, 0.2) is 48.5 Å². The first kappa shape index (κ1) is 17.0. The lowest BCUT2D eigenvalue weighted by atomic mass is 10.1. The first-order valence-electron chi connectivity index (χ1n) is 7.33. The van der Waals surface area contributed by atoms with Gasteiger partial charge in [-0.1, -0.05) is 30.3 Å². The first-order chi connectivity index (χ1) is 11.1. The molecule has 0 heterocycles. The molecule has 122 valence electrons. The normalized spacial score (nSPS) is 11.8. The largest absolute Gasteiger partial charge is 0.484 e. The summed E-state index contributed by atoms with van der Waals surface area (Å²) in [5.41, 5.74) is 1.64. The lowest BCUT2D eigenvalue weighted by Crippen LogP contribution is -2.33. The highest BCUT2D eigenvalue weighted by atomic mass is 19.1. The van der Waals surface area contributed by atoms with Crippen LogP contribution in [0.25, 0.3) is 0 Å². The van der Waals surface area contributed by atoms with Gasteiger partial charge in [0.1, 0.15) is 11.6 Å².